The summed E-state index contributed by atoms with van der Waals surface area (Å²) in [7, 11) is 3.90. The zero-order valence-electron chi connectivity index (χ0n) is 10.8. The number of benzene rings is 1. The second-order valence-corrected chi connectivity index (χ2v) is 4.78. The van der Waals surface area contributed by atoms with E-state index in [-0.39, 0.29) is 11.7 Å². The van der Waals surface area contributed by atoms with Crippen LogP contribution in [-0.4, -0.2) is 43.8 Å². The predicted octanol–water partition coefficient (Wildman–Crippen LogP) is 1.56. The number of anilines is 1. The van der Waals surface area contributed by atoms with Crippen molar-refractivity contribution < 1.29 is 9.59 Å². The molecule has 2 rings (SSSR count). The molecule has 1 fully saturated rings. The van der Waals surface area contributed by atoms with Crippen LogP contribution in [0, 0.1) is 0 Å². The van der Waals surface area contributed by atoms with Gasteiger partial charge in [-0.1, -0.05) is 6.07 Å². The number of carbonyl (C=O) groups excluding carboxylic acids is 2. The van der Waals surface area contributed by atoms with Crippen molar-refractivity contribution in [2.45, 2.75) is 12.8 Å². The average molecular weight is 246 g/mol. The molecule has 0 aliphatic carbocycles. The van der Waals surface area contributed by atoms with E-state index in [1.54, 1.807) is 4.90 Å². The number of Topliss-reactive ketones (excluding diaryl/α,β-unsaturated/α-hetero) is 1. The van der Waals surface area contributed by atoms with Crippen LogP contribution in [0.2, 0.25) is 0 Å². The maximum Gasteiger partial charge on any atom is 0.253 e. The second-order valence-electron chi connectivity index (χ2n) is 4.78. The number of nitrogens with zero attached hydrogens (tertiary/aromatic N) is 2. The fraction of sp³-hybridized carbons (Fsp3) is 0.429. The van der Waals surface area contributed by atoms with Crippen LogP contribution >= 0.6 is 0 Å². The molecular formula is C14H18N2O2. The number of ketones is 1. The Morgan fingerprint density at radius 1 is 1.22 bits per heavy atom. The summed E-state index contributed by atoms with van der Waals surface area (Å²) < 4.78 is 0. The highest BCUT2D eigenvalue weighted by Gasteiger charge is 2.21. The lowest BCUT2D eigenvalue weighted by Gasteiger charge is -2.26. The van der Waals surface area contributed by atoms with Gasteiger partial charge in [-0.05, 0) is 18.2 Å². The zero-order valence-corrected chi connectivity index (χ0v) is 10.8. The van der Waals surface area contributed by atoms with E-state index in [4.69, 9.17) is 0 Å². The van der Waals surface area contributed by atoms with Gasteiger partial charge in [-0.3, -0.25) is 9.59 Å². The molecule has 0 spiro atoms. The summed E-state index contributed by atoms with van der Waals surface area (Å²) in [4.78, 5) is 27.2. The van der Waals surface area contributed by atoms with Crippen molar-refractivity contribution in [3.8, 4) is 0 Å². The first-order chi connectivity index (χ1) is 8.58. The van der Waals surface area contributed by atoms with E-state index in [1.807, 2.05) is 43.3 Å². The molecule has 1 amide bonds. The van der Waals surface area contributed by atoms with Crippen molar-refractivity contribution in [3.05, 3.63) is 29.8 Å². The Kier molecular flexibility index (Phi) is 3.65. The quantitative estimate of drug-likeness (QED) is 0.795. The fourth-order valence-electron chi connectivity index (χ4n) is 2.06. The molecule has 4 heteroatoms. The van der Waals surface area contributed by atoms with E-state index in [1.165, 1.54) is 0 Å². The van der Waals surface area contributed by atoms with Gasteiger partial charge in [-0.25, -0.2) is 0 Å². The Morgan fingerprint density at radius 3 is 2.50 bits per heavy atom. The van der Waals surface area contributed by atoms with Crippen LogP contribution < -0.4 is 4.90 Å². The first-order valence-electron chi connectivity index (χ1n) is 6.16. The van der Waals surface area contributed by atoms with Crippen LogP contribution in [0.15, 0.2) is 24.3 Å². The Hall–Kier alpha value is -1.84. The van der Waals surface area contributed by atoms with Gasteiger partial charge in [-0.2, -0.15) is 0 Å². The molecule has 1 aliphatic heterocycles. The molecule has 4 nitrogen and oxygen atoms in total. The van der Waals surface area contributed by atoms with Crippen molar-refractivity contribution in [2.24, 2.45) is 0 Å². The maximum absolute atomic E-state index is 12.3. The number of amides is 1. The van der Waals surface area contributed by atoms with E-state index < -0.39 is 0 Å². The lowest BCUT2D eigenvalue weighted by atomic mass is 10.1. The lowest BCUT2D eigenvalue weighted by Crippen LogP contribution is -2.38. The van der Waals surface area contributed by atoms with Crippen LogP contribution in [0.5, 0.6) is 0 Å². The minimum absolute atomic E-state index is 0.0196. The highest BCUT2D eigenvalue weighted by Crippen LogP contribution is 2.16. The van der Waals surface area contributed by atoms with Crippen LogP contribution in [0.25, 0.3) is 0 Å². The predicted molar refractivity (Wildman–Crippen MR) is 70.9 cm³/mol. The van der Waals surface area contributed by atoms with Crippen molar-refractivity contribution in [1.82, 2.24) is 4.90 Å². The van der Waals surface area contributed by atoms with E-state index in [9.17, 15) is 9.59 Å². The largest absolute Gasteiger partial charge is 0.378 e. The SMILES string of the molecule is CN(C)c1cccc(C(=O)N2CCC(=O)CC2)c1. The average Bonchev–Trinajstić information content (AvgIpc) is 2.39. The van der Waals surface area contributed by atoms with E-state index >= 15 is 0 Å². The lowest BCUT2D eigenvalue weighted by molar-refractivity contribution is -0.120. The van der Waals surface area contributed by atoms with Gasteiger partial charge < -0.3 is 9.80 Å². The molecule has 1 saturated heterocycles. The topological polar surface area (TPSA) is 40.6 Å². The first kappa shape index (κ1) is 12.6. The number of piperidine rings is 1. The third-order valence-electron chi connectivity index (χ3n) is 3.22. The van der Waals surface area contributed by atoms with E-state index in [0.717, 1.165) is 5.69 Å². The molecule has 96 valence electrons. The number of likely N-dealkylation sites (tertiary alicyclic amines) is 1. The number of carbonyl (C=O) groups is 2. The third-order valence-corrected chi connectivity index (χ3v) is 3.22. The zero-order chi connectivity index (χ0) is 13.1. The number of rotatable bonds is 2. The molecule has 0 atom stereocenters. The van der Waals surface area contributed by atoms with Gasteiger partial charge >= 0.3 is 0 Å². The molecule has 0 saturated carbocycles. The monoisotopic (exact) mass is 246 g/mol. The molecule has 0 N–H and O–H groups in total. The molecule has 0 bridgehead atoms. The minimum atomic E-state index is 0.0196. The summed E-state index contributed by atoms with van der Waals surface area (Å²) in [5, 5.41) is 0. The summed E-state index contributed by atoms with van der Waals surface area (Å²) >= 11 is 0. The highest BCUT2D eigenvalue weighted by molar-refractivity contribution is 5.96. The summed E-state index contributed by atoms with van der Waals surface area (Å²) in [6, 6.07) is 7.57. The van der Waals surface area contributed by atoms with E-state index in [0.29, 0.717) is 31.5 Å². The highest BCUT2D eigenvalue weighted by atomic mass is 16.2. The van der Waals surface area contributed by atoms with Gasteiger partial charge in [0, 0.05) is 51.3 Å². The van der Waals surface area contributed by atoms with Crippen molar-refractivity contribution in [3.63, 3.8) is 0 Å². The maximum atomic E-state index is 12.3. The molecule has 1 aliphatic rings. The Bertz CT molecular complexity index is 459. The molecule has 0 aromatic heterocycles. The van der Waals surface area contributed by atoms with Gasteiger partial charge in [0.1, 0.15) is 5.78 Å². The Balaban J connectivity index is 2.13. The smallest absolute Gasteiger partial charge is 0.253 e. The fourth-order valence-corrected chi connectivity index (χ4v) is 2.06. The summed E-state index contributed by atoms with van der Waals surface area (Å²) in [5.41, 5.74) is 1.70. The number of hydrogen-bond acceptors (Lipinski definition) is 3. The van der Waals surface area contributed by atoms with Crippen LogP contribution in [-0.2, 0) is 4.79 Å². The Morgan fingerprint density at radius 2 is 1.89 bits per heavy atom. The van der Waals surface area contributed by atoms with Crippen molar-refractivity contribution in [1.29, 1.82) is 0 Å². The van der Waals surface area contributed by atoms with Crippen LogP contribution in [0.3, 0.4) is 0 Å². The third kappa shape index (κ3) is 2.70. The van der Waals surface area contributed by atoms with Crippen LogP contribution in [0.4, 0.5) is 5.69 Å². The molecular weight excluding hydrogens is 228 g/mol. The molecule has 1 heterocycles. The summed E-state index contributed by atoms with van der Waals surface area (Å²) in [6.07, 6.45) is 0.970. The van der Waals surface area contributed by atoms with Gasteiger partial charge in [-0.15, -0.1) is 0 Å². The summed E-state index contributed by atoms with van der Waals surface area (Å²) in [5.74, 6) is 0.271. The number of hydrogen-bond donors (Lipinski definition) is 0. The molecule has 1 aromatic rings. The van der Waals surface area contributed by atoms with Crippen LogP contribution in [0.1, 0.15) is 23.2 Å². The van der Waals surface area contributed by atoms with Gasteiger partial charge in [0.15, 0.2) is 0 Å². The Labute approximate surface area is 107 Å². The molecule has 0 radical (unpaired) electrons. The van der Waals surface area contributed by atoms with Gasteiger partial charge in [0.2, 0.25) is 0 Å². The first-order valence-corrected chi connectivity index (χ1v) is 6.16. The van der Waals surface area contributed by atoms with E-state index in [2.05, 4.69) is 0 Å². The molecule has 1 aromatic carbocycles. The molecule has 0 unspecified atom stereocenters. The normalized spacial score (nSPS) is 15.7. The summed E-state index contributed by atoms with van der Waals surface area (Å²) in [6.45, 7) is 1.09. The molecule has 18 heavy (non-hydrogen) atoms. The second kappa shape index (κ2) is 5.21. The van der Waals surface area contributed by atoms with Crippen molar-refractivity contribution >= 4 is 17.4 Å². The van der Waals surface area contributed by atoms with Gasteiger partial charge in [0.05, 0.1) is 0 Å². The van der Waals surface area contributed by atoms with Crippen molar-refractivity contribution in [2.75, 3.05) is 32.1 Å². The standard InChI is InChI=1S/C14H18N2O2/c1-15(2)12-5-3-4-11(10-12)14(18)16-8-6-13(17)7-9-16/h3-5,10H,6-9H2,1-2H3. The minimum Gasteiger partial charge on any atom is -0.378 e. The van der Waals surface area contributed by atoms with Gasteiger partial charge in [0.25, 0.3) is 5.91 Å².